The van der Waals surface area contributed by atoms with Gasteiger partial charge in [0.1, 0.15) is 0 Å². The van der Waals surface area contributed by atoms with Crippen LogP contribution >= 0.6 is 22.9 Å². The highest BCUT2D eigenvalue weighted by Gasteiger charge is 2.22. The number of pyridine rings is 1. The van der Waals surface area contributed by atoms with Gasteiger partial charge in [-0.3, -0.25) is 9.78 Å². The van der Waals surface area contributed by atoms with Crippen LogP contribution in [-0.2, 0) is 16.3 Å². The van der Waals surface area contributed by atoms with Gasteiger partial charge in [0, 0.05) is 43.0 Å². The Balaban J connectivity index is 1.50. The van der Waals surface area contributed by atoms with E-state index >= 15 is 0 Å². The molecule has 0 atom stereocenters. The van der Waals surface area contributed by atoms with Crippen LogP contribution in [0.2, 0.25) is 5.02 Å². The fourth-order valence-corrected chi connectivity index (χ4v) is 5.99. The number of likely N-dealkylation sites (N-methyl/N-ethyl adjacent to an activating group) is 1. The minimum Gasteiger partial charge on any atom is -0.340 e. The number of rotatable bonds is 8. The molecule has 0 aliphatic rings. The molecule has 0 saturated carbocycles. The molecule has 0 spiro atoms. The summed E-state index contributed by atoms with van der Waals surface area (Å²) in [6.07, 6.45) is 3.56. The monoisotopic (exact) mass is 576 g/mol. The van der Waals surface area contributed by atoms with Crippen LogP contribution in [0.4, 0.5) is 0 Å². The summed E-state index contributed by atoms with van der Waals surface area (Å²) in [7, 11) is -1.59. The van der Waals surface area contributed by atoms with Crippen LogP contribution in [-0.4, -0.2) is 53.8 Å². The Labute approximate surface area is 236 Å². The van der Waals surface area contributed by atoms with Crippen molar-refractivity contribution >= 4 is 38.7 Å². The average molecular weight is 577 g/mol. The summed E-state index contributed by atoms with van der Waals surface area (Å²) >= 11 is 8.01. The van der Waals surface area contributed by atoms with Gasteiger partial charge in [-0.25, -0.2) is 13.1 Å². The molecule has 1 amide bonds. The third-order valence-electron chi connectivity index (χ3n) is 6.19. The molecule has 3 aromatic heterocycles. The first kappa shape index (κ1) is 26.8. The van der Waals surface area contributed by atoms with E-state index in [1.165, 1.54) is 17.6 Å². The summed E-state index contributed by atoms with van der Waals surface area (Å²) < 4.78 is 25.8. The van der Waals surface area contributed by atoms with E-state index in [2.05, 4.69) is 10.1 Å². The van der Waals surface area contributed by atoms with Crippen LogP contribution < -0.4 is 0 Å². The number of sulfone groups is 1. The van der Waals surface area contributed by atoms with E-state index in [4.69, 9.17) is 11.6 Å². The first-order chi connectivity index (χ1) is 18.7. The van der Waals surface area contributed by atoms with Crippen molar-refractivity contribution in [3.05, 3.63) is 108 Å². The zero-order valence-electron chi connectivity index (χ0n) is 21.3. The van der Waals surface area contributed by atoms with E-state index in [-0.39, 0.29) is 10.8 Å². The lowest BCUT2D eigenvalue weighted by Gasteiger charge is -2.15. The topological polar surface area (TPSA) is 85.2 Å². The Morgan fingerprint density at radius 3 is 2.49 bits per heavy atom. The summed E-state index contributed by atoms with van der Waals surface area (Å²) in [6.45, 7) is 0.490. The fraction of sp³-hybridized carbons (Fsp3) is 0.138. The Bertz CT molecular complexity index is 1750. The molecule has 7 nitrogen and oxygen atoms in total. The molecule has 0 aliphatic heterocycles. The van der Waals surface area contributed by atoms with Crippen LogP contribution in [0, 0.1) is 0 Å². The predicted molar refractivity (Wildman–Crippen MR) is 155 cm³/mol. The van der Waals surface area contributed by atoms with Crippen molar-refractivity contribution in [2.75, 3.05) is 19.8 Å². The number of thiophene rings is 1. The Hall–Kier alpha value is -3.79. The summed E-state index contributed by atoms with van der Waals surface area (Å²) in [4.78, 5) is 21.4. The van der Waals surface area contributed by atoms with Crippen LogP contribution in [0.3, 0.4) is 0 Å². The lowest BCUT2D eigenvalue weighted by molar-refractivity contribution is 0.0790. The third-order valence-corrected chi connectivity index (χ3v) is 8.78. The highest BCUT2D eigenvalue weighted by atomic mass is 35.5. The molecule has 0 saturated heterocycles. The lowest BCUT2D eigenvalue weighted by Crippen LogP contribution is -2.29. The van der Waals surface area contributed by atoms with Crippen LogP contribution in [0.5, 0.6) is 0 Å². The van der Waals surface area contributed by atoms with Gasteiger partial charge in [-0.15, -0.1) is 11.3 Å². The number of halogens is 1. The molecule has 198 valence electrons. The minimum absolute atomic E-state index is 0.212. The normalized spacial score (nSPS) is 11.5. The minimum atomic E-state index is -3.33. The SMILES string of the molecule is CN(CCc1ccccn1)C(=O)c1cc(-c2ccc(-c3cccc(S(C)(=O)=O)c3)s2)n(-c2ccccc2Cl)n1. The van der Waals surface area contributed by atoms with Crippen molar-refractivity contribution < 1.29 is 13.2 Å². The molecule has 0 fully saturated rings. The van der Waals surface area contributed by atoms with Crippen LogP contribution in [0.15, 0.2) is 96.0 Å². The number of nitrogens with zero attached hydrogens (tertiary/aromatic N) is 4. The standard InChI is InChI=1S/C29H25ClN4O3S2/c1-33(17-15-21-9-5-6-16-31-21)29(35)24-19-26(34(32-24)25-12-4-3-11-23(25)30)28-14-13-27(38-28)20-8-7-10-22(18-20)39(2,36)37/h3-14,16,18-19H,15,17H2,1-2H3. The van der Waals surface area contributed by atoms with E-state index in [1.807, 2.05) is 54.6 Å². The molecule has 5 aromatic rings. The van der Waals surface area contributed by atoms with Crippen molar-refractivity contribution in [1.82, 2.24) is 19.7 Å². The highest BCUT2D eigenvalue weighted by Crippen LogP contribution is 2.37. The molecule has 10 heteroatoms. The molecule has 5 rings (SSSR count). The van der Waals surface area contributed by atoms with E-state index in [0.717, 1.165) is 21.0 Å². The molecular weight excluding hydrogens is 552 g/mol. The van der Waals surface area contributed by atoms with Gasteiger partial charge >= 0.3 is 0 Å². The number of carbonyl (C=O) groups excluding carboxylic acids is 1. The van der Waals surface area contributed by atoms with Gasteiger partial charge in [0.2, 0.25) is 0 Å². The molecule has 39 heavy (non-hydrogen) atoms. The van der Waals surface area contributed by atoms with Crippen LogP contribution in [0.1, 0.15) is 16.2 Å². The third kappa shape index (κ3) is 5.95. The van der Waals surface area contributed by atoms with Crippen molar-refractivity contribution in [2.45, 2.75) is 11.3 Å². The highest BCUT2D eigenvalue weighted by molar-refractivity contribution is 7.90. The van der Waals surface area contributed by atoms with E-state index in [9.17, 15) is 13.2 Å². The van der Waals surface area contributed by atoms with Gasteiger partial charge < -0.3 is 4.90 Å². The number of para-hydroxylation sites is 1. The number of amides is 1. The Kier molecular flexibility index (Phi) is 7.65. The Morgan fingerprint density at radius 2 is 1.74 bits per heavy atom. The molecule has 0 bridgehead atoms. The molecule has 0 N–H and O–H groups in total. The van der Waals surface area contributed by atoms with Gasteiger partial charge in [-0.05, 0) is 60.2 Å². The quantitative estimate of drug-likeness (QED) is 0.225. The second kappa shape index (κ2) is 11.1. The molecule has 2 aromatic carbocycles. The van der Waals surface area contributed by atoms with E-state index in [1.54, 1.807) is 53.2 Å². The maximum Gasteiger partial charge on any atom is 0.274 e. The van der Waals surface area contributed by atoms with Gasteiger partial charge in [-0.1, -0.05) is 41.9 Å². The first-order valence-corrected chi connectivity index (χ1v) is 15.2. The number of hydrogen-bond donors (Lipinski definition) is 0. The fourth-order valence-electron chi connectivity index (χ4n) is 4.10. The number of hydrogen-bond acceptors (Lipinski definition) is 6. The summed E-state index contributed by atoms with van der Waals surface area (Å²) in [5.74, 6) is -0.212. The van der Waals surface area contributed by atoms with E-state index in [0.29, 0.717) is 35.1 Å². The van der Waals surface area contributed by atoms with Gasteiger partial charge in [0.05, 0.1) is 26.2 Å². The summed E-state index contributed by atoms with van der Waals surface area (Å²) in [5, 5.41) is 5.18. The van der Waals surface area contributed by atoms with Crippen molar-refractivity contribution in [3.63, 3.8) is 0 Å². The number of carbonyl (C=O) groups is 1. The second-order valence-corrected chi connectivity index (χ2v) is 12.5. The molecule has 0 radical (unpaired) electrons. The summed E-state index contributed by atoms with van der Waals surface area (Å²) in [6, 6.07) is 25.6. The predicted octanol–water partition coefficient (Wildman–Crippen LogP) is 6.03. The zero-order chi connectivity index (χ0) is 27.6. The second-order valence-electron chi connectivity index (χ2n) is 9.04. The van der Waals surface area contributed by atoms with Crippen molar-refractivity contribution in [3.8, 4) is 26.7 Å². The lowest BCUT2D eigenvalue weighted by atomic mass is 10.2. The summed E-state index contributed by atoms with van der Waals surface area (Å²) in [5.41, 5.74) is 3.36. The van der Waals surface area contributed by atoms with Crippen molar-refractivity contribution in [2.24, 2.45) is 0 Å². The molecule has 0 aliphatic carbocycles. The van der Waals surface area contributed by atoms with Gasteiger partial charge in [-0.2, -0.15) is 5.10 Å². The molecule has 3 heterocycles. The van der Waals surface area contributed by atoms with Gasteiger partial charge in [0.15, 0.2) is 15.5 Å². The van der Waals surface area contributed by atoms with E-state index < -0.39 is 9.84 Å². The largest absolute Gasteiger partial charge is 0.340 e. The maximum absolute atomic E-state index is 13.4. The Morgan fingerprint density at radius 1 is 0.974 bits per heavy atom. The first-order valence-electron chi connectivity index (χ1n) is 12.1. The van der Waals surface area contributed by atoms with Gasteiger partial charge in [0.25, 0.3) is 5.91 Å². The smallest absolute Gasteiger partial charge is 0.274 e. The zero-order valence-corrected chi connectivity index (χ0v) is 23.7. The molecular formula is C29H25ClN4O3S2. The van der Waals surface area contributed by atoms with Crippen LogP contribution in [0.25, 0.3) is 26.7 Å². The number of benzene rings is 2. The average Bonchev–Trinajstić information content (AvgIpc) is 3.60. The maximum atomic E-state index is 13.4. The number of aromatic nitrogens is 3. The van der Waals surface area contributed by atoms with Crippen molar-refractivity contribution in [1.29, 1.82) is 0 Å². The molecule has 0 unspecified atom stereocenters.